The Kier molecular flexibility index (Phi) is 5.95. The topological polar surface area (TPSA) is 60.4 Å². The third kappa shape index (κ3) is 4.49. The van der Waals surface area contributed by atoms with Gasteiger partial charge in [0.1, 0.15) is 11.0 Å². The van der Waals surface area contributed by atoms with Crippen molar-refractivity contribution in [3.63, 3.8) is 0 Å². The Morgan fingerprint density at radius 1 is 0.969 bits per heavy atom. The number of rotatable bonds is 5. The monoisotopic (exact) mass is 446 g/mol. The van der Waals surface area contributed by atoms with Crippen LogP contribution in [0.1, 0.15) is 49.5 Å². The minimum absolute atomic E-state index is 0.0769. The van der Waals surface area contributed by atoms with Crippen LogP contribution in [0, 0.1) is 5.41 Å². The molecule has 0 saturated heterocycles. The first kappa shape index (κ1) is 22.3. The largest absolute Gasteiger partial charge is 0.459 e. The number of fused-ring (bicyclic) bond motifs is 2. The fraction of sp³-hybridized carbons (Fsp3) is 0.296. The highest BCUT2D eigenvalue weighted by molar-refractivity contribution is 8.13. The molecule has 32 heavy (non-hydrogen) atoms. The third-order valence-electron chi connectivity index (χ3n) is 5.69. The van der Waals surface area contributed by atoms with Gasteiger partial charge in [-0.2, -0.15) is 0 Å². The van der Waals surface area contributed by atoms with Gasteiger partial charge in [0.15, 0.2) is 10.9 Å². The van der Waals surface area contributed by atoms with Gasteiger partial charge in [-0.25, -0.2) is 0 Å². The van der Waals surface area contributed by atoms with Crippen LogP contribution in [0.25, 0.3) is 10.8 Å². The molecule has 1 aliphatic rings. The second-order valence-corrected chi connectivity index (χ2v) is 10.4. The maximum Gasteiger partial charge on any atom is 0.320 e. The van der Waals surface area contributed by atoms with E-state index in [-0.39, 0.29) is 30.2 Å². The van der Waals surface area contributed by atoms with Crippen LogP contribution in [-0.2, 0) is 20.7 Å². The molecule has 0 unspecified atom stereocenters. The molecule has 164 valence electrons. The number of carbonyl (C=O) groups is 3. The van der Waals surface area contributed by atoms with E-state index >= 15 is 0 Å². The van der Waals surface area contributed by atoms with Crippen LogP contribution in [0.4, 0.5) is 0 Å². The van der Waals surface area contributed by atoms with E-state index in [4.69, 9.17) is 4.74 Å². The first-order valence-corrected chi connectivity index (χ1v) is 11.6. The molecule has 0 aromatic heterocycles. The molecule has 1 atom stereocenters. The Hall–Kier alpha value is -2.92. The van der Waals surface area contributed by atoms with Gasteiger partial charge < -0.3 is 4.74 Å². The van der Waals surface area contributed by atoms with Crippen molar-refractivity contribution in [2.75, 3.05) is 0 Å². The fourth-order valence-corrected chi connectivity index (χ4v) is 4.92. The molecule has 0 heterocycles. The molecule has 3 aromatic rings. The van der Waals surface area contributed by atoms with Crippen molar-refractivity contribution in [2.24, 2.45) is 5.41 Å². The van der Waals surface area contributed by atoms with Crippen molar-refractivity contribution in [2.45, 2.75) is 50.5 Å². The molecule has 0 spiro atoms. The number of ether oxygens (including phenoxy) is 1. The summed E-state index contributed by atoms with van der Waals surface area (Å²) in [5.41, 5.74) is -0.689. The maximum atomic E-state index is 13.3. The number of Topliss-reactive ketones (excluding diaryl/α,β-unsaturated/α-hetero) is 1. The number of benzene rings is 3. The zero-order valence-electron chi connectivity index (χ0n) is 18.5. The molecular weight excluding hydrogens is 420 g/mol. The SMILES string of the molecule is CC(C)(C)OC(=O)[C@@]1(CCC(=O)Sc2ccc3ccccc3c2)Cc2ccccc2C1=O. The van der Waals surface area contributed by atoms with Crippen molar-refractivity contribution in [1.29, 1.82) is 0 Å². The Balaban J connectivity index is 1.53. The summed E-state index contributed by atoms with van der Waals surface area (Å²) in [6.45, 7) is 5.35. The summed E-state index contributed by atoms with van der Waals surface area (Å²) in [6, 6.07) is 21.1. The summed E-state index contributed by atoms with van der Waals surface area (Å²) in [7, 11) is 0. The number of thioether (sulfide) groups is 1. The van der Waals surface area contributed by atoms with Crippen molar-refractivity contribution in [1.82, 2.24) is 0 Å². The molecule has 0 amide bonds. The Morgan fingerprint density at radius 3 is 2.38 bits per heavy atom. The second-order valence-electron chi connectivity index (χ2n) is 9.23. The van der Waals surface area contributed by atoms with Crippen LogP contribution in [-0.4, -0.2) is 22.5 Å². The minimum atomic E-state index is -1.35. The van der Waals surface area contributed by atoms with Gasteiger partial charge in [0.25, 0.3) is 0 Å². The average molecular weight is 447 g/mol. The van der Waals surface area contributed by atoms with Gasteiger partial charge in [0.05, 0.1) is 0 Å². The van der Waals surface area contributed by atoms with Crippen LogP contribution in [0.15, 0.2) is 71.6 Å². The van der Waals surface area contributed by atoms with E-state index in [9.17, 15) is 14.4 Å². The van der Waals surface area contributed by atoms with Crippen LogP contribution in [0.3, 0.4) is 0 Å². The predicted octanol–water partition coefficient (Wildman–Crippen LogP) is 6.01. The highest BCUT2D eigenvalue weighted by atomic mass is 32.2. The zero-order valence-corrected chi connectivity index (χ0v) is 19.3. The Labute approximate surface area is 192 Å². The van der Waals surface area contributed by atoms with Gasteiger partial charge in [0, 0.05) is 16.9 Å². The molecule has 0 N–H and O–H groups in total. The molecule has 1 aliphatic carbocycles. The number of carbonyl (C=O) groups excluding carboxylic acids is 3. The summed E-state index contributed by atoms with van der Waals surface area (Å²) in [5, 5.41) is 2.10. The summed E-state index contributed by atoms with van der Waals surface area (Å²) in [5.74, 6) is -0.791. The van der Waals surface area contributed by atoms with Gasteiger partial charge in [-0.3, -0.25) is 14.4 Å². The second kappa shape index (κ2) is 8.55. The third-order valence-corrected chi connectivity index (χ3v) is 6.61. The van der Waals surface area contributed by atoms with Crippen LogP contribution in [0.5, 0.6) is 0 Å². The summed E-state index contributed by atoms with van der Waals surface area (Å²) >= 11 is 1.15. The lowest BCUT2D eigenvalue weighted by molar-refractivity contribution is -0.164. The van der Waals surface area contributed by atoms with E-state index in [2.05, 4.69) is 0 Å². The number of esters is 1. The first-order chi connectivity index (χ1) is 15.2. The summed E-state index contributed by atoms with van der Waals surface area (Å²) < 4.78 is 5.65. The van der Waals surface area contributed by atoms with E-state index in [1.165, 1.54) is 0 Å². The van der Waals surface area contributed by atoms with Gasteiger partial charge in [-0.1, -0.05) is 66.4 Å². The molecule has 0 saturated carbocycles. The molecule has 3 aromatic carbocycles. The standard InChI is InChI=1S/C27H26O4S/c1-26(2,3)31-25(30)27(17-20-10-6-7-11-22(20)24(27)29)15-14-23(28)32-21-13-12-18-8-4-5-9-19(18)16-21/h4-13,16H,14-15,17H2,1-3H3/t27-/m0/s1. The van der Waals surface area contributed by atoms with Crippen molar-refractivity contribution in [3.8, 4) is 0 Å². The van der Waals surface area contributed by atoms with Crippen LogP contribution in [0.2, 0.25) is 0 Å². The lowest BCUT2D eigenvalue weighted by Crippen LogP contribution is -2.42. The van der Waals surface area contributed by atoms with Crippen molar-refractivity contribution in [3.05, 3.63) is 77.9 Å². The molecule has 0 aliphatic heterocycles. The average Bonchev–Trinajstić information content (AvgIpc) is 3.04. The van der Waals surface area contributed by atoms with Gasteiger partial charge in [-0.05, 0) is 62.1 Å². The molecule has 0 bridgehead atoms. The number of hydrogen-bond acceptors (Lipinski definition) is 5. The van der Waals surface area contributed by atoms with E-state index in [1.807, 2.05) is 54.6 Å². The lowest BCUT2D eigenvalue weighted by Gasteiger charge is -2.29. The van der Waals surface area contributed by atoms with Crippen molar-refractivity contribution < 1.29 is 19.1 Å². The normalized spacial score (nSPS) is 17.9. The molecule has 0 fully saturated rings. The van der Waals surface area contributed by atoms with Crippen LogP contribution >= 0.6 is 11.8 Å². The fourth-order valence-electron chi connectivity index (χ4n) is 4.13. The van der Waals surface area contributed by atoms with Crippen molar-refractivity contribution >= 4 is 39.4 Å². The molecular formula is C27H26O4S. The van der Waals surface area contributed by atoms with E-state index in [1.54, 1.807) is 32.9 Å². The van der Waals surface area contributed by atoms with E-state index < -0.39 is 17.0 Å². The highest BCUT2D eigenvalue weighted by Gasteiger charge is 2.53. The smallest absolute Gasteiger partial charge is 0.320 e. The summed E-state index contributed by atoms with van der Waals surface area (Å²) in [6.07, 6.45) is 0.510. The maximum absolute atomic E-state index is 13.3. The zero-order chi connectivity index (χ0) is 22.9. The molecule has 0 radical (unpaired) electrons. The van der Waals surface area contributed by atoms with Gasteiger partial charge in [0.2, 0.25) is 0 Å². The first-order valence-electron chi connectivity index (χ1n) is 10.7. The van der Waals surface area contributed by atoms with Gasteiger partial charge in [-0.15, -0.1) is 0 Å². The number of hydrogen-bond donors (Lipinski definition) is 0. The Morgan fingerprint density at radius 2 is 1.66 bits per heavy atom. The molecule has 4 rings (SSSR count). The Bertz CT molecular complexity index is 1210. The highest BCUT2D eigenvalue weighted by Crippen LogP contribution is 2.43. The molecule has 5 heteroatoms. The quantitative estimate of drug-likeness (QED) is 0.273. The van der Waals surface area contributed by atoms with Crippen LogP contribution < -0.4 is 0 Å². The molecule has 4 nitrogen and oxygen atoms in total. The number of ketones is 1. The lowest BCUT2D eigenvalue weighted by atomic mass is 9.79. The minimum Gasteiger partial charge on any atom is -0.459 e. The van der Waals surface area contributed by atoms with Gasteiger partial charge >= 0.3 is 5.97 Å². The van der Waals surface area contributed by atoms with E-state index in [0.29, 0.717) is 5.56 Å². The summed E-state index contributed by atoms with van der Waals surface area (Å²) in [4.78, 5) is 40.2. The predicted molar refractivity (Wildman–Crippen MR) is 127 cm³/mol. The van der Waals surface area contributed by atoms with E-state index in [0.717, 1.165) is 33.0 Å².